The Labute approximate surface area is 163 Å². The first-order chi connectivity index (χ1) is 13.7. The van der Waals surface area contributed by atoms with Crippen LogP contribution in [0, 0.1) is 5.92 Å². The highest BCUT2D eigenvalue weighted by atomic mass is 16.2. The predicted octanol–water partition coefficient (Wildman–Crippen LogP) is 2.40. The maximum Gasteiger partial charge on any atom is 0.229 e. The van der Waals surface area contributed by atoms with E-state index in [1.54, 1.807) is 0 Å². The van der Waals surface area contributed by atoms with E-state index in [0.717, 1.165) is 37.1 Å². The van der Waals surface area contributed by atoms with E-state index >= 15 is 0 Å². The van der Waals surface area contributed by atoms with Gasteiger partial charge in [0.25, 0.3) is 0 Å². The van der Waals surface area contributed by atoms with E-state index in [1.165, 1.54) is 12.8 Å². The topological polar surface area (TPSA) is 93.0 Å². The highest BCUT2D eigenvalue weighted by Gasteiger charge is 2.38. The molecule has 1 saturated heterocycles. The molecular formula is C20H24N6O2. The van der Waals surface area contributed by atoms with Crippen LogP contribution in [0.4, 0.5) is 5.69 Å². The third-order valence-corrected chi connectivity index (χ3v) is 6.07. The summed E-state index contributed by atoms with van der Waals surface area (Å²) in [4.78, 5) is 27.1. The molecule has 3 fully saturated rings. The van der Waals surface area contributed by atoms with Gasteiger partial charge in [0.15, 0.2) is 5.82 Å². The fourth-order valence-corrected chi connectivity index (χ4v) is 4.41. The molecule has 1 N–H and O–H groups in total. The number of amides is 2. The number of rotatable bonds is 5. The minimum atomic E-state index is -0.284. The van der Waals surface area contributed by atoms with E-state index in [-0.39, 0.29) is 17.7 Å². The molecule has 28 heavy (non-hydrogen) atoms. The Hall–Kier alpha value is -2.77. The van der Waals surface area contributed by atoms with Crippen molar-refractivity contribution in [3.63, 3.8) is 0 Å². The lowest BCUT2D eigenvalue weighted by Gasteiger charge is -2.23. The largest absolute Gasteiger partial charge is 0.339 e. The zero-order valence-corrected chi connectivity index (χ0v) is 15.8. The average Bonchev–Trinajstić information content (AvgIpc) is 3.11. The highest BCUT2D eigenvalue weighted by Crippen LogP contribution is 2.37. The van der Waals surface area contributed by atoms with Crippen LogP contribution in [0.3, 0.4) is 0 Å². The van der Waals surface area contributed by atoms with Gasteiger partial charge >= 0.3 is 0 Å². The van der Waals surface area contributed by atoms with E-state index in [4.69, 9.17) is 0 Å². The molecule has 2 amide bonds. The summed E-state index contributed by atoms with van der Waals surface area (Å²) in [5.74, 6) is 0.466. The molecule has 1 aromatic heterocycles. The van der Waals surface area contributed by atoms with E-state index in [9.17, 15) is 9.59 Å². The summed E-state index contributed by atoms with van der Waals surface area (Å²) in [6.07, 6.45) is 7.00. The van der Waals surface area contributed by atoms with Crippen LogP contribution in [0.15, 0.2) is 24.3 Å². The van der Waals surface area contributed by atoms with E-state index in [2.05, 4.69) is 20.8 Å². The second-order valence-corrected chi connectivity index (χ2v) is 8.13. The molecule has 0 spiro atoms. The Balaban J connectivity index is 1.28. The molecular weight excluding hydrogens is 356 g/mol. The zero-order chi connectivity index (χ0) is 19.1. The van der Waals surface area contributed by atoms with Crippen molar-refractivity contribution >= 4 is 17.5 Å². The summed E-state index contributed by atoms with van der Waals surface area (Å²) in [6.45, 7) is 0.537. The second kappa shape index (κ2) is 7.00. The molecule has 5 rings (SSSR count). The second-order valence-electron chi connectivity index (χ2n) is 8.13. The lowest BCUT2D eigenvalue weighted by atomic mass is 10.1. The zero-order valence-electron chi connectivity index (χ0n) is 15.8. The van der Waals surface area contributed by atoms with Gasteiger partial charge in [0.05, 0.1) is 12.0 Å². The number of hydrogen-bond donors (Lipinski definition) is 1. The number of carbonyl (C=O) groups excluding carboxylic acids is 2. The average molecular weight is 380 g/mol. The molecule has 146 valence electrons. The first kappa shape index (κ1) is 17.3. The van der Waals surface area contributed by atoms with Crippen LogP contribution in [0.25, 0.3) is 11.4 Å². The maximum atomic E-state index is 12.8. The molecule has 2 saturated carbocycles. The van der Waals surface area contributed by atoms with Crippen LogP contribution < -0.4 is 5.32 Å². The van der Waals surface area contributed by atoms with Crippen LogP contribution in [0.5, 0.6) is 0 Å². The third kappa shape index (κ3) is 3.27. The summed E-state index contributed by atoms with van der Waals surface area (Å²) in [6, 6.07) is 8.30. The maximum absolute atomic E-state index is 12.8. The SMILES string of the molecule is O=C(Nc1cccc(-c2nnnn2C2CC2)c1)C1CC(=O)N(C2CCCC2)C1. The van der Waals surface area contributed by atoms with Gasteiger partial charge in [-0.1, -0.05) is 25.0 Å². The van der Waals surface area contributed by atoms with Crippen molar-refractivity contribution in [1.29, 1.82) is 0 Å². The van der Waals surface area contributed by atoms with Crippen molar-refractivity contribution in [2.45, 2.75) is 57.0 Å². The molecule has 2 aromatic rings. The Morgan fingerprint density at radius 3 is 2.71 bits per heavy atom. The van der Waals surface area contributed by atoms with Gasteiger partial charge in [-0.25, -0.2) is 4.68 Å². The van der Waals surface area contributed by atoms with Gasteiger partial charge in [-0.05, 0) is 48.2 Å². The first-order valence-corrected chi connectivity index (χ1v) is 10.2. The van der Waals surface area contributed by atoms with Gasteiger partial charge in [0.1, 0.15) is 0 Å². The Morgan fingerprint density at radius 1 is 1.11 bits per heavy atom. The van der Waals surface area contributed by atoms with Gasteiger partial charge in [-0.2, -0.15) is 0 Å². The van der Waals surface area contributed by atoms with Crippen molar-refractivity contribution in [2.75, 3.05) is 11.9 Å². The Kier molecular flexibility index (Phi) is 4.33. The van der Waals surface area contributed by atoms with Crippen LogP contribution in [-0.2, 0) is 9.59 Å². The monoisotopic (exact) mass is 380 g/mol. The Morgan fingerprint density at radius 2 is 1.93 bits per heavy atom. The summed E-state index contributed by atoms with van der Waals surface area (Å²) < 4.78 is 1.86. The lowest BCUT2D eigenvalue weighted by molar-refractivity contribution is -0.129. The van der Waals surface area contributed by atoms with Crippen LogP contribution in [0.1, 0.15) is 51.0 Å². The molecule has 1 aliphatic heterocycles. The molecule has 2 aliphatic carbocycles. The summed E-state index contributed by atoms with van der Waals surface area (Å²) in [5.41, 5.74) is 1.59. The van der Waals surface area contributed by atoms with Crippen LogP contribution in [0.2, 0.25) is 0 Å². The molecule has 8 nitrogen and oxygen atoms in total. The molecule has 1 unspecified atom stereocenters. The molecule has 3 aliphatic rings. The van der Waals surface area contributed by atoms with E-state index < -0.39 is 0 Å². The number of nitrogens with one attached hydrogen (secondary N) is 1. The number of hydrogen-bond acceptors (Lipinski definition) is 5. The number of carbonyl (C=O) groups is 2. The fourth-order valence-electron chi connectivity index (χ4n) is 4.41. The number of likely N-dealkylation sites (tertiary alicyclic amines) is 1. The standard InChI is InChI=1S/C20H24N6O2/c27-18-11-14(12-25(18)16-6-1-2-7-16)20(28)21-15-5-3-4-13(10-15)19-22-23-24-26(19)17-8-9-17/h3-5,10,14,16-17H,1-2,6-9,11-12H2,(H,21,28). The molecule has 2 heterocycles. The minimum absolute atomic E-state index is 0.0900. The predicted molar refractivity (Wildman–Crippen MR) is 102 cm³/mol. The van der Waals surface area contributed by atoms with Crippen molar-refractivity contribution in [1.82, 2.24) is 25.1 Å². The van der Waals surface area contributed by atoms with Crippen molar-refractivity contribution in [2.24, 2.45) is 5.92 Å². The Bertz CT molecular complexity index is 900. The lowest BCUT2D eigenvalue weighted by Crippen LogP contribution is -2.35. The van der Waals surface area contributed by atoms with Gasteiger partial charge in [0.2, 0.25) is 11.8 Å². The first-order valence-electron chi connectivity index (χ1n) is 10.2. The van der Waals surface area contributed by atoms with Crippen LogP contribution >= 0.6 is 0 Å². The molecule has 8 heteroatoms. The number of aromatic nitrogens is 4. The third-order valence-electron chi connectivity index (χ3n) is 6.07. The summed E-state index contributed by atoms with van der Waals surface area (Å²) in [5, 5.41) is 15.0. The summed E-state index contributed by atoms with van der Waals surface area (Å²) in [7, 11) is 0. The number of nitrogens with zero attached hydrogens (tertiary/aromatic N) is 5. The van der Waals surface area contributed by atoms with Gasteiger partial charge in [-0.3, -0.25) is 9.59 Å². The van der Waals surface area contributed by atoms with Gasteiger partial charge < -0.3 is 10.2 Å². The normalized spacial score (nSPS) is 22.8. The van der Waals surface area contributed by atoms with Crippen molar-refractivity contribution < 1.29 is 9.59 Å². The van der Waals surface area contributed by atoms with E-state index in [1.807, 2.05) is 33.8 Å². The fraction of sp³-hybridized carbons (Fsp3) is 0.550. The van der Waals surface area contributed by atoms with Gasteiger partial charge in [0, 0.05) is 30.3 Å². The van der Waals surface area contributed by atoms with Gasteiger partial charge in [-0.15, -0.1) is 5.10 Å². The highest BCUT2D eigenvalue weighted by molar-refractivity contribution is 5.97. The van der Waals surface area contributed by atoms with Crippen molar-refractivity contribution in [3.05, 3.63) is 24.3 Å². The number of tetrazole rings is 1. The molecule has 1 aromatic carbocycles. The molecule has 1 atom stereocenters. The number of anilines is 1. The molecule has 0 bridgehead atoms. The number of benzene rings is 1. The minimum Gasteiger partial charge on any atom is -0.339 e. The quantitative estimate of drug-likeness (QED) is 0.860. The van der Waals surface area contributed by atoms with Crippen molar-refractivity contribution in [3.8, 4) is 11.4 Å². The van der Waals surface area contributed by atoms with E-state index in [0.29, 0.717) is 30.7 Å². The van der Waals surface area contributed by atoms with Crippen LogP contribution in [-0.4, -0.2) is 49.5 Å². The molecule has 0 radical (unpaired) electrons. The smallest absolute Gasteiger partial charge is 0.229 e. The summed E-state index contributed by atoms with van der Waals surface area (Å²) >= 11 is 0.